The number of pyridine rings is 1. The summed E-state index contributed by atoms with van der Waals surface area (Å²) in [5, 5.41) is 13.4. The van der Waals surface area contributed by atoms with Gasteiger partial charge in [0.2, 0.25) is 5.91 Å². The lowest BCUT2D eigenvalue weighted by Crippen LogP contribution is -2.30. The number of nitriles is 1. The van der Waals surface area contributed by atoms with E-state index < -0.39 is 0 Å². The van der Waals surface area contributed by atoms with Crippen molar-refractivity contribution < 1.29 is 4.79 Å². The third kappa shape index (κ3) is 4.57. The molecule has 1 N–H and O–H groups in total. The Morgan fingerprint density at radius 2 is 2.08 bits per heavy atom. The predicted octanol–water partition coefficient (Wildman–Crippen LogP) is 4.28. The van der Waals surface area contributed by atoms with Crippen molar-refractivity contribution in [3.05, 3.63) is 57.7 Å². The van der Waals surface area contributed by atoms with Crippen LogP contribution in [0.4, 0.5) is 0 Å². The lowest BCUT2D eigenvalue weighted by Gasteiger charge is -2.18. The molecule has 4 nitrogen and oxygen atoms in total. The van der Waals surface area contributed by atoms with Gasteiger partial charge in [0.05, 0.1) is 10.8 Å². The van der Waals surface area contributed by atoms with Crippen molar-refractivity contribution in [2.45, 2.75) is 49.4 Å². The second kappa shape index (κ2) is 8.57. The molecule has 1 aromatic carbocycles. The zero-order valence-electron chi connectivity index (χ0n) is 14.6. The third-order valence-corrected chi connectivity index (χ3v) is 5.78. The number of aryl methyl sites for hydroxylation is 2. The lowest BCUT2D eigenvalue weighted by molar-refractivity contribution is -0.120. The predicted molar refractivity (Wildman–Crippen MR) is 104 cm³/mol. The van der Waals surface area contributed by atoms with Crippen molar-refractivity contribution in [1.82, 2.24) is 10.3 Å². The van der Waals surface area contributed by atoms with E-state index in [1.165, 1.54) is 17.3 Å². The molecule has 1 aliphatic rings. The van der Waals surface area contributed by atoms with Gasteiger partial charge in [-0.2, -0.15) is 5.26 Å². The number of amides is 1. The number of fused-ring (bicyclic) bond motifs is 1. The summed E-state index contributed by atoms with van der Waals surface area (Å²) in [6.45, 7) is 2.29. The number of halogens is 1. The van der Waals surface area contributed by atoms with E-state index in [2.05, 4.69) is 16.4 Å². The van der Waals surface area contributed by atoms with Gasteiger partial charge in [0, 0.05) is 17.3 Å². The van der Waals surface area contributed by atoms with E-state index in [1.807, 2.05) is 25.1 Å². The van der Waals surface area contributed by atoms with E-state index in [-0.39, 0.29) is 11.2 Å². The minimum atomic E-state index is -0.330. The van der Waals surface area contributed by atoms with Crippen LogP contribution in [0, 0.1) is 11.3 Å². The van der Waals surface area contributed by atoms with Gasteiger partial charge in [-0.25, -0.2) is 4.98 Å². The van der Waals surface area contributed by atoms with Gasteiger partial charge >= 0.3 is 0 Å². The number of nitrogens with zero attached hydrogens (tertiary/aromatic N) is 2. The first-order chi connectivity index (χ1) is 12.6. The second-order valence-corrected chi connectivity index (χ2v) is 8.14. The van der Waals surface area contributed by atoms with Gasteiger partial charge in [-0.1, -0.05) is 35.5 Å². The minimum Gasteiger partial charge on any atom is -0.351 e. The van der Waals surface area contributed by atoms with Gasteiger partial charge in [0.15, 0.2) is 0 Å². The zero-order valence-corrected chi connectivity index (χ0v) is 16.2. The van der Waals surface area contributed by atoms with E-state index in [1.54, 1.807) is 12.1 Å². The molecule has 1 aliphatic carbocycles. The average molecular weight is 386 g/mol. The van der Waals surface area contributed by atoms with E-state index in [0.29, 0.717) is 22.2 Å². The van der Waals surface area contributed by atoms with Gasteiger partial charge in [-0.15, -0.1) is 0 Å². The molecule has 0 radical (unpaired) electrons. The Morgan fingerprint density at radius 3 is 2.81 bits per heavy atom. The number of rotatable bonds is 5. The van der Waals surface area contributed by atoms with E-state index >= 15 is 0 Å². The summed E-state index contributed by atoms with van der Waals surface area (Å²) in [5.41, 5.74) is 3.81. The Bertz CT molecular complexity index is 845. The molecule has 0 bridgehead atoms. The van der Waals surface area contributed by atoms with Crippen molar-refractivity contribution in [2.24, 2.45) is 0 Å². The maximum atomic E-state index is 12.4. The molecule has 0 spiro atoms. The van der Waals surface area contributed by atoms with Crippen LogP contribution in [0.2, 0.25) is 5.02 Å². The minimum absolute atomic E-state index is 0.0756. The molecule has 1 amide bonds. The van der Waals surface area contributed by atoms with Gasteiger partial charge in [0.1, 0.15) is 11.1 Å². The molecule has 1 aromatic heterocycles. The van der Waals surface area contributed by atoms with Crippen LogP contribution in [0.1, 0.15) is 42.1 Å². The molecule has 2 aromatic rings. The Balaban J connectivity index is 1.65. The quantitative estimate of drug-likeness (QED) is 0.780. The summed E-state index contributed by atoms with van der Waals surface area (Å²) in [7, 11) is 0. The normalized spacial score (nSPS) is 14.2. The molecular weight excluding hydrogens is 366 g/mol. The van der Waals surface area contributed by atoms with Gasteiger partial charge < -0.3 is 5.32 Å². The standard InChI is InChI=1S/C20H20ClN3OS/c1-13(19(25)23-12-14-6-8-17(21)9-7-14)26-20-16(11-22)10-15-4-2-3-5-18(15)24-20/h6-10,13H,2-5,12H2,1H3,(H,23,25). The number of benzene rings is 1. The molecule has 26 heavy (non-hydrogen) atoms. The summed E-state index contributed by atoms with van der Waals surface area (Å²) >= 11 is 7.22. The SMILES string of the molecule is CC(Sc1nc2c(cc1C#N)CCCC2)C(=O)NCc1ccc(Cl)cc1. The number of aromatic nitrogens is 1. The highest BCUT2D eigenvalue weighted by atomic mass is 35.5. The third-order valence-electron chi connectivity index (χ3n) is 4.42. The fourth-order valence-corrected chi connectivity index (χ4v) is 3.99. The highest BCUT2D eigenvalue weighted by Crippen LogP contribution is 2.29. The number of hydrogen-bond acceptors (Lipinski definition) is 4. The second-order valence-electron chi connectivity index (χ2n) is 6.37. The molecule has 1 heterocycles. The summed E-state index contributed by atoms with van der Waals surface area (Å²) in [4.78, 5) is 17.1. The fourth-order valence-electron chi connectivity index (χ4n) is 2.94. The number of hydrogen-bond donors (Lipinski definition) is 1. The average Bonchev–Trinajstić information content (AvgIpc) is 2.66. The van der Waals surface area contributed by atoms with Crippen LogP contribution in [0.25, 0.3) is 0 Å². The van der Waals surface area contributed by atoms with Gasteiger partial charge in [-0.05, 0) is 61.9 Å². The Morgan fingerprint density at radius 1 is 1.35 bits per heavy atom. The Labute approximate surface area is 163 Å². The summed E-state index contributed by atoms with van der Waals surface area (Å²) in [6.07, 6.45) is 4.22. The van der Waals surface area contributed by atoms with Crippen LogP contribution in [-0.2, 0) is 24.2 Å². The summed E-state index contributed by atoms with van der Waals surface area (Å²) < 4.78 is 0. The van der Waals surface area contributed by atoms with Crippen LogP contribution < -0.4 is 5.32 Å². The van der Waals surface area contributed by atoms with Crippen molar-refractivity contribution in [3.63, 3.8) is 0 Å². The molecule has 134 valence electrons. The number of carbonyl (C=O) groups is 1. The molecule has 0 aliphatic heterocycles. The highest BCUT2D eigenvalue weighted by molar-refractivity contribution is 8.00. The monoisotopic (exact) mass is 385 g/mol. The van der Waals surface area contributed by atoms with Gasteiger partial charge in [-0.3, -0.25) is 4.79 Å². The van der Waals surface area contributed by atoms with E-state index in [4.69, 9.17) is 11.6 Å². The molecule has 3 rings (SSSR count). The topological polar surface area (TPSA) is 65.8 Å². The molecule has 0 fully saturated rings. The largest absolute Gasteiger partial charge is 0.351 e. The lowest BCUT2D eigenvalue weighted by atomic mass is 9.95. The highest BCUT2D eigenvalue weighted by Gasteiger charge is 2.20. The van der Waals surface area contributed by atoms with Crippen LogP contribution in [0.15, 0.2) is 35.4 Å². The molecular formula is C20H20ClN3OS. The summed E-state index contributed by atoms with van der Waals surface area (Å²) in [5.74, 6) is -0.0756. The fraction of sp³-hybridized carbons (Fsp3) is 0.350. The van der Waals surface area contributed by atoms with Crippen molar-refractivity contribution in [2.75, 3.05) is 0 Å². The molecule has 0 saturated carbocycles. The smallest absolute Gasteiger partial charge is 0.233 e. The maximum absolute atomic E-state index is 12.4. The molecule has 1 atom stereocenters. The van der Waals surface area contributed by atoms with Gasteiger partial charge in [0.25, 0.3) is 0 Å². The van der Waals surface area contributed by atoms with Crippen molar-refractivity contribution in [1.29, 1.82) is 5.26 Å². The molecule has 6 heteroatoms. The van der Waals surface area contributed by atoms with Crippen LogP contribution in [0.3, 0.4) is 0 Å². The first-order valence-corrected chi connectivity index (χ1v) is 9.94. The molecule has 0 saturated heterocycles. The van der Waals surface area contributed by atoms with Crippen LogP contribution in [-0.4, -0.2) is 16.1 Å². The Hall–Kier alpha value is -2.03. The summed E-state index contributed by atoms with van der Waals surface area (Å²) in [6, 6.07) is 11.6. The van der Waals surface area contributed by atoms with E-state index in [9.17, 15) is 10.1 Å². The zero-order chi connectivity index (χ0) is 18.5. The first-order valence-electron chi connectivity index (χ1n) is 8.68. The van der Waals surface area contributed by atoms with Crippen molar-refractivity contribution >= 4 is 29.3 Å². The van der Waals surface area contributed by atoms with Crippen LogP contribution >= 0.6 is 23.4 Å². The number of thioether (sulfide) groups is 1. The number of carbonyl (C=O) groups excluding carboxylic acids is 1. The molecule has 1 unspecified atom stereocenters. The van der Waals surface area contributed by atoms with Crippen molar-refractivity contribution in [3.8, 4) is 6.07 Å². The van der Waals surface area contributed by atoms with E-state index in [0.717, 1.165) is 36.9 Å². The maximum Gasteiger partial charge on any atom is 0.233 e. The Kier molecular flexibility index (Phi) is 6.18. The van der Waals surface area contributed by atoms with Crippen LogP contribution in [0.5, 0.6) is 0 Å². The number of nitrogens with one attached hydrogen (secondary N) is 1. The first kappa shape index (κ1) is 18.8.